The van der Waals surface area contributed by atoms with Gasteiger partial charge in [0, 0.05) is 0 Å². The molecule has 0 atom stereocenters. The van der Waals surface area contributed by atoms with Crippen LogP contribution in [0.15, 0.2) is 18.2 Å². The van der Waals surface area contributed by atoms with Crippen molar-refractivity contribution in [3.8, 4) is 0 Å². The molecule has 0 aliphatic carbocycles. The van der Waals surface area contributed by atoms with Gasteiger partial charge in [0.1, 0.15) is 0 Å². The molecule has 1 rings (SSSR count). The van der Waals surface area contributed by atoms with Crippen molar-refractivity contribution < 1.29 is 15.0 Å². The molecule has 8 heteroatoms. The van der Waals surface area contributed by atoms with E-state index in [1.165, 1.54) is 0 Å². The summed E-state index contributed by atoms with van der Waals surface area (Å²) < 4.78 is -0.378. The normalized spacial score (nSPS) is 9.60. The molecule has 1 N–H and O–H groups in total. The predicted molar refractivity (Wildman–Crippen MR) is 51.5 cm³/mol. The van der Waals surface area contributed by atoms with Crippen molar-refractivity contribution in [2.45, 2.75) is 0 Å². The van der Waals surface area contributed by atoms with Crippen LogP contribution in [-0.2, 0) is 0 Å². The van der Waals surface area contributed by atoms with Crippen LogP contribution in [0.3, 0.4) is 0 Å². The second-order valence-corrected chi connectivity index (χ2v) is 3.33. The third-order valence-corrected chi connectivity index (χ3v) is 2.08. The molecule has 0 aromatic heterocycles. The van der Waals surface area contributed by atoms with Crippen molar-refractivity contribution in [2.24, 2.45) is 0 Å². The van der Waals surface area contributed by atoms with Gasteiger partial charge in [-0.2, -0.15) is 0 Å². The number of benzene rings is 1. The van der Waals surface area contributed by atoms with E-state index in [0.717, 1.165) is 18.2 Å². The Balaban J connectivity index is 3.40. The Morgan fingerprint density at radius 3 is 2.27 bits per heavy atom. The summed E-state index contributed by atoms with van der Waals surface area (Å²) in [6, 6.07) is 2.99. The van der Waals surface area contributed by atoms with E-state index in [1.807, 2.05) is 0 Å². The second-order valence-electron chi connectivity index (χ2n) is 2.52. The van der Waals surface area contributed by atoms with Crippen LogP contribution in [0.25, 0.3) is 0 Å². The molecule has 0 saturated carbocycles. The van der Waals surface area contributed by atoms with Crippen LogP contribution < -0.4 is 0 Å². The van der Waals surface area contributed by atoms with E-state index in [2.05, 4.69) is 15.6 Å². The van der Waals surface area contributed by atoms with Crippen LogP contribution in [0.2, 0.25) is 0 Å². The van der Waals surface area contributed by atoms with Crippen molar-refractivity contribution in [2.75, 3.05) is 0 Å². The molecular formula is C7H4N2O5Se. The van der Waals surface area contributed by atoms with Crippen LogP contribution in [0.5, 0.6) is 0 Å². The quantitative estimate of drug-likeness (QED) is 0.491. The number of hydrogen-bond acceptors (Lipinski definition) is 5. The van der Waals surface area contributed by atoms with Gasteiger partial charge in [0.25, 0.3) is 0 Å². The average molecular weight is 275 g/mol. The zero-order chi connectivity index (χ0) is 11.6. The van der Waals surface area contributed by atoms with Gasteiger partial charge < -0.3 is 0 Å². The maximum absolute atomic E-state index is 10.5. The van der Waals surface area contributed by atoms with E-state index in [1.54, 1.807) is 0 Å². The summed E-state index contributed by atoms with van der Waals surface area (Å²) in [6.45, 7) is 0. The number of rotatable bonds is 3. The van der Waals surface area contributed by atoms with Crippen LogP contribution in [0.1, 0.15) is 5.56 Å². The number of nitro benzene ring substituents is 2. The van der Waals surface area contributed by atoms with Gasteiger partial charge in [0.15, 0.2) is 0 Å². The van der Waals surface area contributed by atoms with Gasteiger partial charge in [-0.25, -0.2) is 0 Å². The monoisotopic (exact) mass is 276 g/mol. The number of aliphatic hydroxyl groups is 1. The summed E-state index contributed by atoms with van der Waals surface area (Å²) in [5.74, 6) is 0. The Kier molecular flexibility index (Phi) is 3.13. The number of aliphatic hydroxyl groups excluding tert-OH is 1. The van der Waals surface area contributed by atoms with E-state index in [9.17, 15) is 20.2 Å². The Bertz CT molecular complexity index is 459. The fourth-order valence-corrected chi connectivity index (χ4v) is 1.33. The third-order valence-electron chi connectivity index (χ3n) is 1.62. The molecule has 0 aliphatic rings. The van der Waals surface area contributed by atoms with Crippen molar-refractivity contribution in [1.29, 1.82) is 0 Å². The predicted octanol–water partition coefficient (Wildman–Crippen LogP) is 0.522. The van der Waals surface area contributed by atoms with Crippen molar-refractivity contribution in [1.82, 2.24) is 0 Å². The molecule has 1 aromatic rings. The fraction of sp³-hybridized carbons (Fsp3) is 0. The molecule has 0 amide bonds. The first kappa shape index (κ1) is 11.3. The molecule has 0 fully saturated rings. The van der Waals surface area contributed by atoms with E-state index in [-0.39, 0.29) is 10.2 Å². The van der Waals surface area contributed by atoms with Gasteiger partial charge in [0.05, 0.1) is 0 Å². The van der Waals surface area contributed by atoms with Crippen molar-refractivity contribution in [3.05, 3.63) is 44.0 Å². The molecule has 0 radical (unpaired) electrons. The van der Waals surface area contributed by atoms with E-state index >= 15 is 0 Å². The van der Waals surface area contributed by atoms with Crippen molar-refractivity contribution >= 4 is 31.6 Å². The molecule has 15 heavy (non-hydrogen) atoms. The molecule has 0 unspecified atom stereocenters. The zero-order valence-corrected chi connectivity index (χ0v) is 8.83. The van der Waals surface area contributed by atoms with E-state index in [4.69, 9.17) is 5.11 Å². The first-order chi connectivity index (χ1) is 6.93. The number of nitro groups is 2. The summed E-state index contributed by atoms with van der Waals surface area (Å²) >= 11 is 2.20. The van der Waals surface area contributed by atoms with Crippen LogP contribution in [0, 0.1) is 20.2 Å². The van der Waals surface area contributed by atoms with Crippen molar-refractivity contribution in [3.63, 3.8) is 0 Å². The Labute approximate surface area is 91.0 Å². The first-order valence-corrected chi connectivity index (χ1v) is 4.45. The molecule has 0 bridgehead atoms. The molecule has 7 nitrogen and oxygen atoms in total. The summed E-state index contributed by atoms with van der Waals surface area (Å²) in [4.78, 5) is 19.4. The minimum atomic E-state index is -0.796. The standard InChI is InChI=1S/C7H4N2O5Se/c10-7(15)5-2-1-4(8(11)12)3-6(5)9(13)14/h1-3H,(H,10,15). The average Bonchev–Trinajstić information content (AvgIpc) is 2.16. The Morgan fingerprint density at radius 1 is 1.27 bits per heavy atom. The molecule has 1 aromatic carbocycles. The van der Waals surface area contributed by atoms with Crippen LogP contribution in [-0.4, -0.2) is 35.1 Å². The van der Waals surface area contributed by atoms with Gasteiger partial charge in [0.2, 0.25) is 0 Å². The number of nitrogens with zero attached hydrogens (tertiary/aromatic N) is 2. The van der Waals surface area contributed by atoms with E-state index in [0.29, 0.717) is 0 Å². The van der Waals surface area contributed by atoms with Gasteiger partial charge in [-0.05, 0) is 0 Å². The third kappa shape index (κ3) is 2.36. The van der Waals surface area contributed by atoms with Gasteiger partial charge in [-0.15, -0.1) is 0 Å². The molecule has 78 valence electrons. The number of non-ortho nitro benzene ring substituents is 1. The minimum absolute atomic E-state index is 0.0781. The summed E-state index contributed by atoms with van der Waals surface area (Å²) in [7, 11) is 0. The van der Waals surface area contributed by atoms with E-state index < -0.39 is 21.2 Å². The molecule has 0 heterocycles. The van der Waals surface area contributed by atoms with Gasteiger partial charge >= 0.3 is 90.5 Å². The molecular weight excluding hydrogens is 271 g/mol. The van der Waals surface area contributed by atoms with Crippen LogP contribution >= 0.6 is 0 Å². The molecule has 0 spiro atoms. The molecule has 0 saturated heterocycles. The first-order valence-electron chi connectivity index (χ1n) is 3.59. The second kappa shape index (κ2) is 4.16. The Hall–Kier alpha value is -1.79. The fourth-order valence-electron chi connectivity index (χ4n) is 0.965. The van der Waals surface area contributed by atoms with Gasteiger partial charge in [-0.1, -0.05) is 0 Å². The summed E-state index contributed by atoms with van der Waals surface area (Å²) in [5, 5.41) is 30.0. The van der Waals surface area contributed by atoms with Crippen LogP contribution in [0.4, 0.5) is 11.4 Å². The summed E-state index contributed by atoms with van der Waals surface area (Å²) in [6.07, 6.45) is 0. The summed E-state index contributed by atoms with van der Waals surface area (Å²) in [5.41, 5.74) is -0.988. The molecule has 0 aliphatic heterocycles. The van der Waals surface area contributed by atoms with Gasteiger partial charge in [-0.3, -0.25) is 0 Å². The Morgan fingerprint density at radius 2 is 1.87 bits per heavy atom. The zero-order valence-electron chi connectivity index (χ0n) is 7.11. The number of hydrogen-bond donors (Lipinski definition) is 1. The topological polar surface area (TPSA) is 107 Å². The maximum atomic E-state index is 10.5. The SMILES string of the molecule is O=[N+]([O-])c1ccc(C(O)=[Se])c([N+](=O)[O-])c1.